The lowest BCUT2D eigenvalue weighted by molar-refractivity contribution is -0.467. The maximum atomic E-state index is 11.4. The molecule has 0 saturated heterocycles. The van der Waals surface area contributed by atoms with E-state index in [1.165, 1.54) is 19.2 Å². The van der Waals surface area contributed by atoms with Crippen LogP contribution in [0.15, 0.2) is 24.3 Å². The average Bonchev–Trinajstić information content (AvgIpc) is 2.27. The van der Waals surface area contributed by atoms with Gasteiger partial charge in [-0.2, -0.15) is 0 Å². The maximum absolute atomic E-state index is 11.4. The summed E-state index contributed by atoms with van der Waals surface area (Å²) in [4.78, 5) is 32.0. The topological polar surface area (TPSA) is 101 Å². The second kappa shape index (κ2) is 5.59. The fraction of sp³-hybridized carbons (Fsp3) is 0.200. The Bertz CT molecular complexity index is 459. The van der Waals surface area contributed by atoms with Gasteiger partial charge in [0.2, 0.25) is 0 Å². The highest BCUT2D eigenvalue weighted by Gasteiger charge is 2.14. The molecule has 2 amide bonds. The van der Waals surface area contributed by atoms with Crippen LogP contribution in [0.2, 0.25) is 0 Å². The van der Waals surface area contributed by atoms with Crippen LogP contribution in [-0.2, 0) is 4.79 Å². The molecule has 7 heteroatoms. The van der Waals surface area contributed by atoms with E-state index in [1.54, 1.807) is 12.1 Å². The van der Waals surface area contributed by atoms with Crippen LogP contribution in [0, 0.1) is 10.1 Å². The van der Waals surface area contributed by atoms with E-state index in [-0.39, 0.29) is 17.2 Å². The van der Waals surface area contributed by atoms with Gasteiger partial charge in [0.1, 0.15) is 0 Å². The van der Waals surface area contributed by atoms with Crippen molar-refractivity contribution in [1.82, 2.24) is 5.32 Å². The van der Waals surface area contributed by atoms with Gasteiger partial charge >= 0.3 is 0 Å². The number of rotatable bonds is 4. The standard InChI is InChI=1S/C10H11N3O4/c1-11-10(15)7-4-2-3-5-8(7)12-9(14)6-13(16)17/h2-5H,6H2,1H3,(H,11,15)(H,12,14). The molecule has 0 unspecified atom stereocenters. The summed E-state index contributed by atoms with van der Waals surface area (Å²) >= 11 is 0. The molecule has 1 aromatic carbocycles. The molecule has 0 spiro atoms. The fourth-order valence-corrected chi connectivity index (χ4v) is 1.23. The van der Waals surface area contributed by atoms with Crippen LogP contribution in [0.3, 0.4) is 0 Å². The Kier molecular flexibility index (Phi) is 4.15. The van der Waals surface area contributed by atoms with E-state index < -0.39 is 17.4 Å². The minimum Gasteiger partial charge on any atom is -0.355 e. The maximum Gasteiger partial charge on any atom is 0.296 e. The predicted molar refractivity (Wildman–Crippen MR) is 60.3 cm³/mol. The molecule has 0 saturated carbocycles. The van der Waals surface area contributed by atoms with Crippen LogP contribution in [0.5, 0.6) is 0 Å². The molecule has 1 rings (SSSR count). The van der Waals surface area contributed by atoms with Crippen molar-refractivity contribution >= 4 is 17.5 Å². The van der Waals surface area contributed by atoms with Crippen LogP contribution in [0.1, 0.15) is 10.4 Å². The number of para-hydroxylation sites is 1. The van der Waals surface area contributed by atoms with Crippen LogP contribution in [0.25, 0.3) is 0 Å². The minimum absolute atomic E-state index is 0.249. The lowest BCUT2D eigenvalue weighted by Crippen LogP contribution is -2.25. The first-order chi connectivity index (χ1) is 8.04. The Labute approximate surface area is 97.0 Å². The van der Waals surface area contributed by atoms with Crippen molar-refractivity contribution in [3.63, 3.8) is 0 Å². The molecule has 0 fully saturated rings. The van der Waals surface area contributed by atoms with E-state index in [0.717, 1.165) is 0 Å². The van der Waals surface area contributed by atoms with Crippen LogP contribution >= 0.6 is 0 Å². The molecule has 0 aliphatic carbocycles. The molecule has 17 heavy (non-hydrogen) atoms. The third-order valence-corrected chi connectivity index (χ3v) is 1.95. The number of carbonyl (C=O) groups excluding carboxylic acids is 2. The van der Waals surface area contributed by atoms with Gasteiger partial charge in [-0.15, -0.1) is 0 Å². The minimum atomic E-state index is -0.831. The first-order valence-electron chi connectivity index (χ1n) is 4.77. The van der Waals surface area contributed by atoms with Crippen molar-refractivity contribution in [1.29, 1.82) is 0 Å². The quantitative estimate of drug-likeness (QED) is 0.579. The van der Waals surface area contributed by atoms with Gasteiger partial charge in [0.05, 0.1) is 11.3 Å². The number of hydrogen-bond donors (Lipinski definition) is 2. The second-order valence-electron chi connectivity index (χ2n) is 3.16. The number of nitro groups is 1. The van der Waals surface area contributed by atoms with Crippen molar-refractivity contribution in [2.24, 2.45) is 0 Å². The molecular weight excluding hydrogens is 226 g/mol. The third-order valence-electron chi connectivity index (χ3n) is 1.95. The lowest BCUT2D eigenvalue weighted by atomic mass is 10.1. The van der Waals surface area contributed by atoms with Crippen LogP contribution in [0.4, 0.5) is 5.69 Å². The van der Waals surface area contributed by atoms with Gasteiger partial charge in [-0.25, -0.2) is 0 Å². The largest absolute Gasteiger partial charge is 0.355 e. The van der Waals surface area contributed by atoms with Gasteiger partial charge in [-0.05, 0) is 12.1 Å². The summed E-state index contributed by atoms with van der Waals surface area (Å²) in [6.45, 7) is -0.831. The van der Waals surface area contributed by atoms with Gasteiger partial charge in [-0.1, -0.05) is 12.1 Å². The van der Waals surface area contributed by atoms with E-state index in [2.05, 4.69) is 10.6 Å². The third kappa shape index (κ3) is 3.56. The highest BCUT2D eigenvalue weighted by Crippen LogP contribution is 2.14. The van der Waals surface area contributed by atoms with E-state index in [1.807, 2.05) is 0 Å². The molecule has 0 aliphatic heterocycles. The van der Waals surface area contributed by atoms with Gasteiger partial charge in [0.25, 0.3) is 18.4 Å². The van der Waals surface area contributed by atoms with E-state index >= 15 is 0 Å². The number of carbonyl (C=O) groups is 2. The molecule has 90 valence electrons. The number of nitrogens with one attached hydrogen (secondary N) is 2. The number of benzene rings is 1. The molecule has 0 aromatic heterocycles. The molecule has 1 aromatic rings. The number of anilines is 1. The van der Waals surface area contributed by atoms with E-state index in [0.29, 0.717) is 0 Å². The van der Waals surface area contributed by atoms with Crippen molar-refractivity contribution in [3.8, 4) is 0 Å². The summed E-state index contributed by atoms with van der Waals surface area (Å²) in [7, 11) is 1.46. The van der Waals surface area contributed by atoms with Crippen molar-refractivity contribution in [2.75, 3.05) is 18.9 Å². The van der Waals surface area contributed by atoms with Gasteiger partial charge in [-0.3, -0.25) is 19.7 Å². The molecule has 2 N–H and O–H groups in total. The summed E-state index contributed by atoms with van der Waals surface area (Å²) in [5.41, 5.74) is 0.505. The van der Waals surface area contributed by atoms with Gasteiger partial charge < -0.3 is 10.6 Å². The second-order valence-corrected chi connectivity index (χ2v) is 3.16. The fourth-order valence-electron chi connectivity index (χ4n) is 1.23. The molecule has 0 aliphatic rings. The molecular formula is C10H11N3O4. The molecule has 0 atom stereocenters. The number of nitrogens with zero attached hydrogens (tertiary/aromatic N) is 1. The van der Waals surface area contributed by atoms with Crippen LogP contribution in [-0.4, -0.2) is 30.3 Å². The summed E-state index contributed by atoms with van der Waals surface area (Å²) in [6, 6.07) is 6.27. The average molecular weight is 237 g/mol. The van der Waals surface area contributed by atoms with Crippen molar-refractivity contribution in [3.05, 3.63) is 39.9 Å². The molecule has 0 radical (unpaired) electrons. The number of amides is 2. The van der Waals surface area contributed by atoms with Crippen molar-refractivity contribution in [2.45, 2.75) is 0 Å². The SMILES string of the molecule is CNC(=O)c1ccccc1NC(=O)C[N+](=O)[O-]. The highest BCUT2D eigenvalue weighted by molar-refractivity contribution is 6.03. The molecule has 7 nitrogen and oxygen atoms in total. The summed E-state index contributed by atoms with van der Waals surface area (Å²) in [5, 5.41) is 14.9. The Balaban J connectivity index is 2.87. The Morgan fingerprint density at radius 2 is 2.00 bits per heavy atom. The number of hydrogen-bond acceptors (Lipinski definition) is 4. The van der Waals surface area contributed by atoms with Crippen LogP contribution < -0.4 is 10.6 Å². The lowest BCUT2D eigenvalue weighted by Gasteiger charge is -2.08. The Morgan fingerprint density at radius 1 is 1.35 bits per heavy atom. The van der Waals surface area contributed by atoms with E-state index in [9.17, 15) is 19.7 Å². The monoisotopic (exact) mass is 237 g/mol. The normalized spacial score (nSPS) is 9.47. The highest BCUT2D eigenvalue weighted by atomic mass is 16.6. The smallest absolute Gasteiger partial charge is 0.296 e. The van der Waals surface area contributed by atoms with Gasteiger partial charge in [0.15, 0.2) is 0 Å². The van der Waals surface area contributed by atoms with Crippen molar-refractivity contribution < 1.29 is 14.5 Å². The zero-order valence-corrected chi connectivity index (χ0v) is 9.10. The van der Waals surface area contributed by atoms with Gasteiger partial charge in [0, 0.05) is 12.0 Å². The zero-order valence-electron chi connectivity index (χ0n) is 9.10. The molecule has 0 bridgehead atoms. The predicted octanol–water partition coefficient (Wildman–Crippen LogP) is 0.261. The Morgan fingerprint density at radius 3 is 2.59 bits per heavy atom. The summed E-state index contributed by atoms with van der Waals surface area (Å²) < 4.78 is 0. The summed E-state index contributed by atoms with van der Waals surface area (Å²) in [6.07, 6.45) is 0. The first kappa shape index (κ1) is 12.6. The summed E-state index contributed by atoms with van der Waals surface area (Å²) in [5.74, 6) is -1.15. The van der Waals surface area contributed by atoms with E-state index in [4.69, 9.17) is 0 Å². The first-order valence-corrected chi connectivity index (χ1v) is 4.77. The zero-order chi connectivity index (χ0) is 12.8. The Hall–Kier alpha value is -2.44. The molecule has 0 heterocycles.